The molecule has 1 atom stereocenters. The van der Waals surface area contributed by atoms with Crippen LogP contribution >= 0.6 is 0 Å². The van der Waals surface area contributed by atoms with Gasteiger partial charge in [-0.15, -0.1) is 0 Å². The van der Waals surface area contributed by atoms with Gasteiger partial charge in [0.05, 0.1) is 6.10 Å². The van der Waals surface area contributed by atoms with Gasteiger partial charge < -0.3 is 15.7 Å². The first-order valence-electron chi connectivity index (χ1n) is 8.26. The van der Waals surface area contributed by atoms with E-state index in [-0.39, 0.29) is 24.6 Å². The Bertz CT molecular complexity index is 598. The molecule has 1 aromatic heterocycles. The van der Waals surface area contributed by atoms with Crippen molar-refractivity contribution in [3.05, 3.63) is 23.9 Å². The maximum Gasteiger partial charge on any atom is 0.330 e. The van der Waals surface area contributed by atoms with Crippen molar-refractivity contribution >= 4 is 17.8 Å². The van der Waals surface area contributed by atoms with E-state index in [0.717, 1.165) is 44.5 Å². The molecule has 130 valence electrons. The predicted molar refractivity (Wildman–Crippen MR) is 88.3 cm³/mol. The van der Waals surface area contributed by atoms with Crippen molar-refractivity contribution in [3.63, 3.8) is 0 Å². The van der Waals surface area contributed by atoms with Crippen LogP contribution < -0.4 is 16.0 Å². The highest BCUT2D eigenvalue weighted by molar-refractivity contribution is 6.11. The molecule has 0 aliphatic carbocycles. The molecule has 3 heterocycles. The van der Waals surface area contributed by atoms with Gasteiger partial charge in [0.1, 0.15) is 12.4 Å². The molecule has 0 unspecified atom stereocenters. The van der Waals surface area contributed by atoms with Gasteiger partial charge in [0.2, 0.25) is 5.91 Å². The summed E-state index contributed by atoms with van der Waals surface area (Å²) in [6.45, 7) is 2.70. The van der Waals surface area contributed by atoms with E-state index >= 15 is 0 Å². The van der Waals surface area contributed by atoms with Gasteiger partial charge in [-0.3, -0.25) is 15.0 Å². The number of carbonyl (C=O) groups excluding carboxylic acids is 2. The van der Waals surface area contributed by atoms with Crippen LogP contribution in [0, 0.1) is 0 Å². The van der Waals surface area contributed by atoms with E-state index in [9.17, 15) is 14.7 Å². The molecule has 8 nitrogen and oxygen atoms in total. The van der Waals surface area contributed by atoms with Gasteiger partial charge in [-0.2, -0.15) is 0 Å². The molecule has 2 fully saturated rings. The molecule has 0 aromatic carbocycles. The SMILES string of the molecule is N[C@H](CCN1CCC(O)CC1)c1ccc(N2CC(=O)NC2=O)nc1. The van der Waals surface area contributed by atoms with Crippen LogP contribution in [0.2, 0.25) is 0 Å². The number of piperidine rings is 1. The number of amides is 3. The number of hydrogen-bond donors (Lipinski definition) is 3. The van der Waals surface area contributed by atoms with Gasteiger partial charge in [-0.25, -0.2) is 9.78 Å². The lowest BCUT2D eigenvalue weighted by Gasteiger charge is -2.30. The number of nitrogens with two attached hydrogens (primary N) is 1. The third-order valence-corrected chi connectivity index (χ3v) is 4.58. The Morgan fingerprint density at radius 3 is 2.67 bits per heavy atom. The zero-order chi connectivity index (χ0) is 17.1. The van der Waals surface area contributed by atoms with Gasteiger partial charge in [0, 0.05) is 25.3 Å². The Morgan fingerprint density at radius 2 is 2.08 bits per heavy atom. The number of urea groups is 1. The molecular weight excluding hydrogens is 310 g/mol. The van der Waals surface area contributed by atoms with Gasteiger partial charge >= 0.3 is 6.03 Å². The second-order valence-electron chi connectivity index (χ2n) is 6.36. The minimum atomic E-state index is -0.447. The molecular formula is C16H23N5O3. The molecule has 3 amide bonds. The first-order chi connectivity index (χ1) is 11.5. The van der Waals surface area contributed by atoms with Crippen LogP contribution in [-0.2, 0) is 4.79 Å². The largest absolute Gasteiger partial charge is 0.393 e. The zero-order valence-electron chi connectivity index (χ0n) is 13.5. The van der Waals surface area contributed by atoms with Crippen LogP contribution in [0.5, 0.6) is 0 Å². The second-order valence-corrected chi connectivity index (χ2v) is 6.36. The fourth-order valence-corrected chi connectivity index (χ4v) is 3.03. The van der Waals surface area contributed by atoms with E-state index in [1.165, 1.54) is 4.90 Å². The molecule has 0 saturated carbocycles. The molecule has 3 rings (SSSR count). The minimum Gasteiger partial charge on any atom is -0.393 e. The van der Waals surface area contributed by atoms with E-state index in [0.29, 0.717) is 5.82 Å². The Hall–Kier alpha value is -2.03. The van der Waals surface area contributed by atoms with E-state index in [2.05, 4.69) is 15.2 Å². The number of aliphatic hydroxyl groups is 1. The number of rotatable bonds is 5. The van der Waals surface area contributed by atoms with E-state index in [1.807, 2.05) is 6.07 Å². The van der Waals surface area contributed by atoms with Crippen molar-refractivity contribution in [3.8, 4) is 0 Å². The van der Waals surface area contributed by atoms with Crippen LogP contribution in [0.4, 0.5) is 10.6 Å². The third kappa shape index (κ3) is 3.89. The third-order valence-electron chi connectivity index (χ3n) is 4.58. The van der Waals surface area contributed by atoms with Crippen molar-refractivity contribution in [2.24, 2.45) is 5.73 Å². The lowest BCUT2D eigenvalue weighted by atomic mass is 10.0. The number of likely N-dealkylation sites (tertiary alicyclic amines) is 1. The highest BCUT2D eigenvalue weighted by Crippen LogP contribution is 2.19. The number of carbonyl (C=O) groups is 2. The van der Waals surface area contributed by atoms with E-state index < -0.39 is 6.03 Å². The number of nitrogens with one attached hydrogen (secondary N) is 1. The van der Waals surface area contributed by atoms with Crippen molar-refractivity contribution in [1.29, 1.82) is 0 Å². The van der Waals surface area contributed by atoms with Crippen molar-refractivity contribution in [2.45, 2.75) is 31.4 Å². The highest BCUT2D eigenvalue weighted by Gasteiger charge is 2.28. The smallest absolute Gasteiger partial charge is 0.330 e. The molecule has 0 spiro atoms. The van der Waals surface area contributed by atoms with Crippen molar-refractivity contribution in [1.82, 2.24) is 15.2 Å². The number of pyridine rings is 1. The topological polar surface area (TPSA) is 112 Å². The summed E-state index contributed by atoms with van der Waals surface area (Å²) in [7, 11) is 0. The average Bonchev–Trinajstić information content (AvgIpc) is 2.92. The van der Waals surface area contributed by atoms with Crippen LogP contribution in [-0.4, -0.2) is 59.2 Å². The number of nitrogens with zero attached hydrogens (tertiary/aromatic N) is 3. The van der Waals surface area contributed by atoms with Crippen molar-refractivity contribution < 1.29 is 14.7 Å². The molecule has 2 aliphatic rings. The predicted octanol–water partition coefficient (Wildman–Crippen LogP) is -0.0156. The van der Waals surface area contributed by atoms with E-state index in [4.69, 9.17) is 5.73 Å². The standard InChI is InChI=1S/C16H23N5O3/c17-13(5-8-20-6-3-12(22)4-7-20)11-1-2-14(18-9-11)21-10-15(23)19-16(21)24/h1-2,9,12-13,22H,3-8,10,17H2,(H,19,23,24)/t13-/m1/s1. The monoisotopic (exact) mass is 333 g/mol. The second kappa shape index (κ2) is 7.25. The average molecular weight is 333 g/mol. The summed E-state index contributed by atoms with van der Waals surface area (Å²) in [5.41, 5.74) is 7.13. The maximum absolute atomic E-state index is 11.6. The summed E-state index contributed by atoms with van der Waals surface area (Å²) in [5.74, 6) is 0.119. The number of hydrogen-bond acceptors (Lipinski definition) is 6. The first-order valence-corrected chi connectivity index (χ1v) is 8.26. The summed E-state index contributed by atoms with van der Waals surface area (Å²) >= 11 is 0. The number of aliphatic hydroxyl groups excluding tert-OH is 1. The lowest BCUT2D eigenvalue weighted by molar-refractivity contribution is -0.117. The Balaban J connectivity index is 1.53. The van der Waals surface area contributed by atoms with Gasteiger partial charge in [0.15, 0.2) is 0 Å². The molecule has 0 bridgehead atoms. The van der Waals surface area contributed by atoms with Gasteiger partial charge in [0.25, 0.3) is 0 Å². The summed E-state index contributed by atoms with van der Waals surface area (Å²) in [5, 5.41) is 11.7. The number of imide groups is 1. The molecule has 1 aromatic rings. The Kier molecular flexibility index (Phi) is 5.08. The molecule has 4 N–H and O–H groups in total. The first kappa shape index (κ1) is 16.8. The van der Waals surface area contributed by atoms with Crippen molar-refractivity contribution in [2.75, 3.05) is 31.1 Å². The van der Waals surface area contributed by atoms with Gasteiger partial charge in [-0.1, -0.05) is 6.07 Å². The number of aromatic nitrogens is 1. The molecule has 2 aliphatic heterocycles. The molecule has 0 radical (unpaired) electrons. The summed E-state index contributed by atoms with van der Waals surface area (Å²) in [4.78, 5) is 30.7. The Labute approximate surface area is 140 Å². The van der Waals surface area contributed by atoms with Crippen LogP contribution in [0.25, 0.3) is 0 Å². The summed E-state index contributed by atoms with van der Waals surface area (Å²) < 4.78 is 0. The Morgan fingerprint density at radius 1 is 1.33 bits per heavy atom. The quantitative estimate of drug-likeness (QED) is 0.653. The molecule has 8 heteroatoms. The zero-order valence-corrected chi connectivity index (χ0v) is 13.5. The van der Waals surface area contributed by atoms with Crippen LogP contribution in [0.3, 0.4) is 0 Å². The van der Waals surface area contributed by atoms with Crippen LogP contribution in [0.15, 0.2) is 18.3 Å². The van der Waals surface area contributed by atoms with E-state index in [1.54, 1.807) is 12.3 Å². The summed E-state index contributed by atoms with van der Waals surface area (Å²) in [6.07, 6.45) is 3.95. The summed E-state index contributed by atoms with van der Waals surface area (Å²) in [6, 6.07) is 2.98. The lowest BCUT2D eigenvalue weighted by Crippen LogP contribution is -2.37. The minimum absolute atomic E-state index is 0.00194. The fourth-order valence-electron chi connectivity index (χ4n) is 3.03. The highest BCUT2D eigenvalue weighted by atomic mass is 16.3. The maximum atomic E-state index is 11.6. The molecule has 2 saturated heterocycles. The van der Waals surface area contributed by atoms with Gasteiger partial charge in [-0.05, 0) is 37.4 Å². The number of anilines is 1. The normalized spacial score (nSPS) is 21.2. The fraction of sp³-hybridized carbons (Fsp3) is 0.562. The molecule has 24 heavy (non-hydrogen) atoms. The van der Waals surface area contributed by atoms with Crippen LogP contribution in [0.1, 0.15) is 30.9 Å².